The van der Waals surface area contributed by atoms with Crippen LogP contribution in [0.15, 0.2) is 0 Å². The van der Waals surface area contributed by atoms with Gasteiger partial charge in [-0.15, -0.1) is 0 Å². The first-order chi connectivity index (χ1) is 7.86. The summed E-state index contributed by atoms with van der Waals surface area (Å²) < 4.78 is 0. The van der Waals surface area contributed by atoms with E-state index in [0.29, 0.717) is 13.1 Å². The molecule has 1 heterocycles. The SMILES string of the molecule is CNC(=O)NC(C)(C)C(=O)N1CCNC(=O)C1. The molecule has 7 heteroatoms. The molecule has 0 saturated carbocycles. The second-order valence-electron chi connectivity index (χ2n) is 4.41. The molecule has 0 aromatic carbocycles. The van der Waals surface area contributed by atoms with E-state index in [9.17, 15) is 14.4 Å². The topological polar surface area (TPSA) is 90.5 Å². The van der Waals surface area contributed by atoms with Crippen LogP contribution in [-0.4, -0.2) is 55.0 Å². The zero-order chi connectivity index (χ0) is 13.1. The Hall–Kier alpha value is -1.79. The molecule has 1 saturated heterocycles. The van der Waals surface area contributed by atoms with Gasteiger partial charge >= 0.3 is 6.03 Å². The van der Waals surface area contributed by atoms with Gasteiger partial charge in [-0.05, 0) is 13.8 Å². The smallest absolute Gasteiger partial charge is 0.315 e. The quantitative estimate of drug-likeness (QED) is 0.559. The number of hydrogen-bond donors (Lipinski definition) is 3. The average Bonchev–Trinajstić information content (AvgIpc) is 2.27. The van der Waals surface area contributed by atoms with Crippen molar-refractivity contribution in [3.63, 3.8) is 0 Å². The summed E-state index contributed by atoms with van der Waals surface area (Å²) >= 11 is 0. The van der Waals surface area contributed by atoms with Crippen LogP contribution in [0.25, 0.3) is 0 Å². The lowest BCUT2D eigenvalue weighted by Crippen LogP contribution is -2.61. The predicted octanol–water partition coefficient (Wildman–Crippen LogP) is -1.35. The van der Waals surface area contributed by atoms with Gasteiger partial charge in [-0.3, -0.25) is 9.59 Å². The molecule has 0 bridgehead atoms. The van der Waals surface area contributed by atoms with Gasteiger partial charge in [0.1, 0.15) is 5.54 Å². The summed E-state index contributed by atoms with van der Waals surface area (Å²) in [5.41, 5.74) is -1.03. The summed E-state index contributed by atoms with van der Waals surface area (Å²) in [5.74, 6) is -0.448. The zero-order valence-electron chi connectivity index (χ0n) is 10.3. The molecule has 3 N–H and O–H groups in total. The van der Waals surface area contributed by atoms with Gasteiger partial charge in [0.2, 0.25) is 11.8 Å². The number of hydrogen-bond acceptors (Lipinski definition) is 3. The van der Waals surface area contributed by atoms with Crippen molar-refractivity contribution in [2.45, 2.75) is 19.4 Å². The van der Waals surface area contributed by atoms with Crippen LogP contribution in [0.4, 0.5) is 4.79 Å². The molecule has 1 fully saturated rings. The molecule has 7 nitrogen and oxygen atoms in total. The third-order valence-electron chi connectivity index (χ3n) is 2.51. The van der Waals surface area contributed by atoms with Crippen molar-refractivity contribution in [2.75, 3.05) is 26.7 Å². The van der Waals surface area contributed by atoms with Crippen molar-refractivity contribution in [1.82, 2.24) is 20.9 Å². The average molecular weight is 242 g/mol. The summed E-state index contributed by atoms with van der Waals surface area (Å²) in [6.45, 7) is 4.16. The highest BCUT2D eigenvalue weighted by Gasteiger charge is 2.35. The molecule has 0 aliphatic carbocycles. The van der Waals surface area contributed by atoms with Gasteiger partial charge in [-0.25, -0.2) is 4.79 Å². The van der Waals surface area contributed by atoms with Crippen LogP contribution in [-0.2, 0) is 9.59 Å². The third-order valence-corrected chi connectivity index (χ3v) is 2.51. The molecule has 0 spiro atoms. The summed E-state index contributed by atoms with van der Waals surface area (Å²) in [4.78, 5) is 35.9. The van der Waals surface area contributed by atoms with Crippen molar-refractivity contribution < 1.29 is 14.4 Å². The van der Waals surface area contributed by atoms with Crippen molar-refractivity contribution >= 4 is 17.8 Å². The minimum atomic E-state index is -1.03. The minimum absolute atomic E-state index is 0.0394. The molecule has 1 rings (SSSR count). The van der Waals surface area contributed by atoms with Crippen molar-refractivity contribution in [1.29, 1.82) is 0 Å². The van der Waals surface area contributed by atoms with Gasteiger partial charge < -0.3 is 20.9 Å². The maximum atomic E-state index is 12.1. The van der Waals surface area contributed by atoms with Crippen molar-refractivity contribution in [2.24, 2.45) is 0 Å². The number of rotatable bonds is 2. The Morgan fingerprint density at radius 1 is 1.41 bits per heavy atom. The summed E-state index contributed by atoms with van der Waals surface area (Å²) in [6, 6.07) is -0.426. The van der Waals surface area contributed by atoms with Crippen LogP contribution in [0.5, 0.6) is 0 Å². The van der Waals surface area contributed by atoms with Gasteiger partial charge in [0, 0.05) is 20.1 Å². The standard InChI is InChI=1S/C10H18N4O3/c1-10(2,13-9(17)11-3)8(16)14-5-4-12-7(15)6-14/h4-6H2,1-3H3,(H,12,15)(H2,11,13,17). The van der Waals surface area contributed by atoms with E-state index in [1.165, 1.54) is 11.9 Å². The van der Waals surface area contributed by atoms with Crippen LogP contribution >= 0.6 is 0 Å². The first-order valence-corrected chi connectivity index (χ1v) is 5.43. The van der Waals surface area contributed by atoms with Gasteiger partial charge in [0.05, 0.1) is 6.54 Å². The van der Waals surface area contributed by atoms with E-state index < -0.39 is 11.6 Å². The summed E-state index contributed by atoms with van der Waals surface area (Å²) in [5, 5.41) is 7.57. The minimum Gasteiger partial charge on any atom is -0.353 e. The van der Waals surface area contributed by atoms with Gasteiger partial charge in [-0.2, -0.15) is 0 Å². The number of carbonyl (C=O) groups is 3. The van der Waals surface area contributed by atoms with E-state index in [1.54, 1.807) is 13.8 Å². The Labute approximate surface area is 99.9 Å². The lowest BCUT2D eigenvalue weighted by molar-refractivity contribution is -0.142. The molecule has 1 aliphatic heterocycles. The number of urea groups is 1. The van der Waals surface area contributed by atoms with E-state index in [2.05, 4.69) is 16.0 Å². The van der Waals surface area contributed by atoms with Crippen LogP contribution in [0, 0.1) is 0 Å². The second-order valence-corrected chi connectivity index (χ2v) is 4.41. The second kappa shape index (κ2) is 5.03. The molecule has 0 atom stereocenters. The number of amides is 4. The van der Waals surface area contributed by atoms with Crippen molar-refractivity contribution in [3.05, 3.63) is 0 Å². The molecule has 4 amide bonds. The number of piperazine rings is 1. The zero-order valence-corrected chi connectivity index (χ0v) is 10.3. The fourth-order valence-corrected chi connectivity index (χ4v) is 1.61. The Balaban J connectivity index is 2.66. The first-order valence-electron chi connectivity index (χ1n) is 5.43. The van der Waals surface area contributed by atoms with Gasteiger partial charge in [-0.1, -0.05) is 0 Å². The third kappa shape index (κ3) is 3.33. The maximum absolute atomic E-state index is 12.1. The molecule has 96 valence electrons. The number of nitrogens with zero attached hydrogens (tertiary/aromatic N) is 1. The Kier molecular flexibility index (Phi) is 3.93. The van der Waals surface area contributed by atoms with E-state index in [1.807, 2.05) is 0 Å². The molecule has 17 heavy (non-hydrogen) atoms. The van der Waals surface area contributed by atoms with Crippen molar-refractivity contribution in [3.8, 4) is 0 Å². The summed E-state index contributed by atoms with van der Waals surface area (Å²) in [6.07, 6.45) is 0. The summed E-state index contributed by atoms with van der Waals surface area (Å²) in [7, 11) is 1.48. The molecule has 0 aromatic heterocycles. The van der Waals surface area contributed by atoms with Gasteiger partial charge in [0.25, 0.3) is 0 Å². The van der Waals surface area contributed by atoms with E-state index in [4.69, 9.17) is 0 Å². The lowest BCUT2D eigenvalue weighted by atomic mass is 10.0. The van der Waals surface area contributed by atoms with E-state index >= 15 is 0 Å². The number of carbonyl (C=O) groups excluding carboxylic acids is 3. The Morgan fingerprint density at radius 2 is 2.06 bits per heavy atom. The maximum Gasteiger partial charge on any atom is 0.315 e. The Morgan fingerprint density at radius 3 is 2.59 bits per heavy atom. The molecular formula is C10H18N4O3. The first kappa shape index (κ1) is 13.3. The van der Waals surface area contributed by atoms with Crippen LogP contribution in [0.2, 0.25) is 0 Å². The highest BCUT2D eigenvalue weighted by molar-refractivity contribution is 5.93. The van der Waals surface area contributed by atoms with Crippen LogP contribution in [0.1, 0.15) is 13.8 Å². The van der Waals surface area contributed by atoms with E-state index in [-0.39, 0.29) is 18.4 Å². The predicted molar refractivity (Wildman–Crippen MR) is 61.3 cm³/mol. The lowest BCUT2D eigenvalue weighted by Gasteiger charge is -2.34. The highest BCUT2D eigenvalue weighted by Crippen LogP contribution is 2.09. The monoisotopic (exact) mass is 242 g/mol. The molecular weight excluding hydrogens is 224 g/mol. The van der Waals surface area contributed by atoms with Crippen LogP contribution < -0.4 is 16.0 Å². The van der Waals surface area contributed by atoms with Gasteiger partial charge in [0.15, 0.2) is 0 Å². The molecule has 0 aromatic rings. The number of nitrogens with one attached hydrogen (secondary N) is 3. The highest BCUT2D eigenvalue weighted by atomic mass is 16.2. The fraction of sp³-hybridized carbons (Fsp3) is 0.700. The van der Waals surface area contributed by atoms with Crippen LogP contribution in [0.3, 0.4) is 0 Å². The normalized spacial score (nSPS) is 16.2. The largest absolute Gasteiger partial charge is 0.353 e. The van der Waals surface area contributed by atoms with E-state index in [0.717, 1.165) is 0 Å². The Bertz CT molecular complexity index is 340. The molecule has 0 unspecified atom stereocenters. The molecule has 0 radical (unpaired) electrons. The molecule has 1 aliphatic rings. The fourth-order valence-electron chi connectivity index (χ4n) is 1.61.